The molecule has 0 aliphatic rings. The number of hydrogen-bond acceptors (Lipinski definition) is 3. The van der Waals surface area contributed by atoms with E-state index in [0.29, 0.717) is 13.0 Å². The minimum atomic E-state index is -0.765. The molecule has 17 heavy (non-hydrogen) atoms. The summed E-state index contributed by atoms with van der Waals surface area (Å²) in [6.45, 7) is 0.450. The maximum Gasteiger partial charge on any atom is 0.164 e. The average Bonchev–Trinajstić information content (AvgIpc) is 2.25. The van der Waals surface area contributed by atoms with Gasteiger partial charge in [0.1, 0.15) is 11.6 Å². The molecule has 1 aromatic rings. The minimum Gasteiger partial charge on any atom is -0.385 e. The van der Waals surface area contributed by atoms with E-state index in [2.05, 4.69) is 0 Å². The molecule has 0 bridgehead atoms. The van der Waals surface area contributed by atoms with Gasteiger partial charge in [-0.1, -0.05) is 0 Å². The summed E-state index contributed by atoms with van der Waals surface area (Å²) in [6, 6.07) is 2.37. The Morgan fingerprint density at radius 3 is 2.47 bits per heavy atom. The summed E-state index contributed by atoms with van der Waals surface area (Å²) >= 11 is 0. The van der Waals surface area contributed by atoms with Gasteiger partial charge in [0.25, 0.3) is 0 Å². The summed E-state index contributed by atoms with van der Waals surface area (Å²) in [5.41, 5.74) is 5.70. The molecule has 1 rings (SSSR count). The largest absolute Gasteiger partial charge is 0.385 e. The third-order valence-corrected chi connectivity index (χ3v) is 2.32. The van der Waals surface area contributed by atoms with Crippen LogP contribution in [0.5, 0.6) is 0 Å². The second-order valence-electron chi connectivity index (χ2n) is 3.83. The van der Waals surface area contributed by atoms with Crippen LogP contribution in [0.4, 0.5) is 8.78 Å². The number of halogens is 2. The molecule has 0 amide bonds. The number of carbonyl (C=O) groups is 1. The van der Waals surface area contributed by atoms with Crippen molar-refractivity contribution in [3.05, 3.63) is 35.4 Å². The van der Waals surface area contributed by atoms with Crippen LogP contribution in [0.15, 0.2) is 18.2 Å². The monoisotopic (exact) mass is 243 g/mol. The van der Waals surface area contributed by atoms with E-state index in [-0.39, 0.29) is 23.8 Å². The predicted octanol–water partition coefficient (Wildman–Crippen LogP) is 1.90. The fraction of sp³-hybridized carbons (Fsp3) is 0.417. The molecule has 2 N–H and O–H groups in total. The van der Waals surface area contributed by atoms with Crippen LogP contribution in [0.3, 0.4) is 0 Å². The molecule has 0 radical (unpaired) electrons. The molecular formula is C12H15F2NO2. The van der Waals surface area contributed by atoms with Gasteiger partial charge in [-0.2, -0.15) is 0 Å². The lowest BCUT2D eigenvalue weighted by Gasteiger charge is -2.10. The second-order valence-corrected chi connectivity index (χ2v) is 3.83. The lowest BCUT2D eigenvalue weighted by molar-refractivity contribution is 0.0966. The molecule has 1 aromatic carbocycles. The zero-order chi connectivity index (χ0) is 12.8. The molecule has 0 saturated carbocycles. The van der Waals surface area contributed by atoms with Crippen LogP contribution in [0.2, 0.25) is 0 Å². The molecule has 0 aromatic heterocycles. The van der Waals surface area contributed by atoms with Crippen LogP contribution < -0.4 is 5.73 Å². The number of Topliss-reactive ketones (excluding diaryl/α,β-unsaturated/α-hetero) is 1. The maximum atomic E-state index is 12.9. The van der Waals surface area contributed by atoms with E-state index in [1.165, 1.54) is 7.11 Å². The Morgan fingerprint density at radius 2 is 1.94 bits per heavy atom. The first-order chi connectivity index (χ1) is 8.02. The van der Waals surface area contributed by atoms with Crippen LogP contribution in [-0.2, 0) is 4.74 Å². The first-order valence-electron chi connectivity index (χ1n) is 5.26. The van der Waals surface area contributed by atoms with E-state index in [9.17, 15) is 13.6 Å². The Bertz CT molecular complexity index is 376. The van der Waals surface area contributed by atoms with Crippen LogP contribution in [-0.4, -0.2) is 25.5 Å². The van der Waals surface area contributed by atoms with Crippen LogP contribution >= 0.6 is 0 Å². The normalized spacial score (nSPS) is 12.5. The highest BCUT2D eigenvalue weighted by atomic mass is 19.1. The van der Waals surface area contributed by atoms with Gasteiger partial charge in [-0.3, -0.25) is 4.79 Å². The predicted molar refractivity (Wildman–Crippen MR) is 59.8 cm³/mol. The first-order valence-corrected chi connectivity index (χ1v) is 5.26. The summed E-state index contributed by atoms with van der Waals surface area (Å²) in [5.74, 6) is -1.90. The number of hydrogen-bond donors (Lipinski definition) is 1. The number of ketones is 1. The summed E-state index contributed by atoms with van der Waals surface area (Å²) in [7, 11) is 1.54. The Morgan fingerprint density at radius 1 is 1.35 bits per heavy atom. The molecule has 0 spiro atoms. The highest BCUT2D eigenvalue weighted by Crippen LogP contribution is 2.11. The second kappa shape index (κ2) is 6.42. The molecule has 0 saturated heterocycles. The molecule has 0 fully saturated rings. The van der Waals surface area contributed by atoms with E-state index in [0.717, 1.165) is 18.2 Å². The first kappa shape index (κ1) is 13.7. The molecule has 0 heterocycles. The third kappa shape index (κ3) is 4.58. The molecule has 1 unspecified atom stereocenters. The smallest absolute Gasteiger partial charge is 0.164 e. The third-order valence-electron chi connectivity index (χ3n) is 2.32. The Balaban J connectivity index is 2.63. The number of nitrogens with two attached hydrogens (primary N) is 1. The van der Waals surface area contributed by atoms with Crippen molar-refractivity contribution in [3.8, 4) is 0 Å². The fourth-order valence-electron chi connectivity index (χ4n) is 1.44. The van der Waals surface area contributed by atoms with Gasteiger partial charge in [-0.05, 0) is 18.6 Å². The van der Waals surface area contributed by atoms with E-state index >= 15 is 0 Å². The van der Waals surface area contributed by atoms with Gasteiger partial charge >= 0.3 is 0 Å². The van der Waals surface area contributed by atoms with Crippen molar-refractivity contribution in [2.24, 2.45) is 5.73 Å². The molecule has 0 aliphatic heterocycles. The summed E-state index contributed by atoms with van der Waals surface area (Å²) < 4.78 is 30.6. The molecule has 1 atom stereocenters. The van der Waals surface area contributed by atoms with E-state index in [1.807, 2.05) is 0 Å². The Kier molecular flexibility index (Phi) is 5.18. The molecule has 94 valence electrons. The van der Waals surface area contributed by atoms with Gasteiger partial charge < -0.3 is 10.5 Å². The number of carbonyl (C=O) groups excluding carboxylic acids is 1. The van der Waals surface area contributed by atoms with Crippen molar-refractivity contribution in [1.82, 2.24) is 0 Å². The molecular weight excluding hydrogens is 228 g/mol. The number of rotatable bonds is 6. The van der Waals surface area contributed by atoms with E-state index < -0.39 is 11.6 Å². The Hall–Kier alpha value is -1.33. The van der Waals surface area contributed by atoms with Crippen molar-refractivity contribution in [2.75, 3.05) is 13.7 Å². The number of methoxy groups -OCH3 is 1. The standard InChI is InChI=1S/C12H15F2NO2/c1-17-3-2-11(15)7-12(16)8-4-9(13)6-10(14)5-8/h4-6,11H,2-3,7,15H2,1H3. The summed E-state index contributed by atoms with van der Waals surface area (Å²) in [5, 5.41) is 0. The zero-order valence-corrected chi connectivity index (χ0v) is 9.58. The topological polar surface area (TPSA) is 52.3 Å². The van der Waals surface area contributed by atoms with Crippen LogP contribution in [0.25, 0.3) is 0 Å². The van der Waals surface area contributed by atoms with Gasteiger partial charge in [0.05, 0.1) is 0 Å². The quantitative estimate of drug-likeness (QED) is 0.776. The SMILES string of the molecule is COCCC(N)CC(=O)c1cc(F)cc(F)c1. The van der Waals surface area contributed by atoms with Gasteiger partial charge in [0, 0.05) is 37.8 Å². The summed E-state index contributed by atoms with van der Waals surface area (Å²) in [6.07, 6.45) is 0.576. The van der Waals surface area contributed by atoms with Crippen molar-refractivity contribution in [2.45, 2.75) is 18.9 Å². The van der Waals surface area contributed by atoms with Crippen molar-refractivity contribution in [1.29, 1.82) is 0 Å². The molecule has 0 aliphatic carbocycles. The van der Waals surface area contributed by atoms with Crippen LogP contribution in [0, 0.1) is 11.6 Å². The molecule has 5 heteroatoms. The fourth-order valence-corrected chi connectivity index (χ4v) is 1.44. The average molecular weight is 243 g/mol. The highest BCUT2D eigenvalue weighted by Gasteiger charge is 2.13. The van der Waals surface area contributed by atoms with E-state index in [4.69, 9.17) is 10.5 Å². The lowest BCUT2D eigenvalue weighted by atomic mass is 10.0. The van der Waals surface area contributed by atoms with Crippen LogP contribution in [0.1, 0.15) is 23.2 Å². The maximum absolute atomic E-state index is 12.9. The zero-order valence-electron chi connectivity index (χ0n) is 9.58. The number of benzene rings is 1. The van der Waals surface area contributed by atoms with Gasteiger partial charge in [-0.15, -0.1) is 0 Å². The van der Waals surface area contributed by atoms with Crippen molar-refractivity contribution in [3.63, 3.8) is 0 Å². The van der Waals surface area contributed by atoms with Crippen molar-refractivity contribution >= 4 is 5.78 Å². The van der Waals surface area contributed by atoms with Crippen molar-refractivity contribution < 1.29 is 18.3 Å². The lowest BCUT2D eigenvalue weighted by Crippen LogP contribution is -2.25. The summed E-state index contributed by atoms with van der Waals surface area (Å²) in [4.78, 5) is 11.7. The minimum absolute atomic E-state index is 0.00960. The molecule has 3 nitrogen and oxygen atoms in total. The van der Waals surface area contributed by atoms with E-state index in [1.54, 1.807) is 0 Å². The van der Waals surface area contributed by atoms with Gasteiger partial charge in [0.15, 0.2) is 5.78 Å². The number of ether oxygens (including phenoxy) is 1. The van der Waals surface area contributed by atoms with Gasteiger partial charge in [-0.25, -0.2) is 8.78 Å². The van der Waals surface area contributed by atoms with Gasteiger partial charge in [0.2, 0.25) is 0 Å². The Labute approximate surface area is 98.6 Å². The highest BCUT2D eigenvalue weighted by molar-refractivity contribution is 5.96.